The molecule has 0 saturated carbocycles. The largest absolute Gasteiger partial charge is 0.453 e. The second kappa shape index (κ2) is 17.5. The predicted octanol–water partition coefficient (Wildman–Crippen LogP) is 5.28. The first kappa shape index (κ1) is 38.9. The van der Waals surface area contributed by atoms with Crippen molar-refractivity contribution in [2.24, 2.45) is 17.6 Å². The van der Waals surface area contributed by atoms with Crippen LogP contribution in [0.5, 0.6) is 0 Å². The molecule has 0 spiro atoms. The van der Waals surface area contributed by atoms with E-state index >= 15 is 0 Å². The number of hydrogen-bond acceptors (Lipinski definition) is 10. The zero-order chi connectivity index (χ0) is 38.2. The molecule has 3 unspecified atom stereocenters. The van der Waals surface area contributed by atoms with E-state index in [0.29, 0.717) is 30.4 Å². The number of ether oxygens (including phenoxy) is 2. The molecule has 6 rings (SSSR count). The Kier molecular flexibility index (Phi) is 12.8. The number of alkyl carbamates (subject to hydrolysis) is 1. The van der Waals surface area contributed by atoms with E-state index in [9.17, 15) is 19.2 Å². The zero-order valence-corrected chi connectivity index (χ0v) is 32.2. The SMILES string of the molecule is COC(=O)NC(C(=O)N1CCC1c1ncc(C#Cc2cc3sc(C#Cc4cnc(C5CCCN5C(=O)CC(C)C)[nH]4)cc3s2)[nH]1)C(C)C.COC(N)=O. The van der Waals surface area contributed by atoms with Crippen molar-refractivity contribution in [2.75, 3.05) is 27.3 Å². The number of thiophene rings is 2. The minimum absolute atomic E-state index is 0.0109. The summed E-state index contributed by atoms with van der Waals surface area (Å²) in [6.45, 7) is 9.28. The molecule has 0 radical (unpaired) electrons. The summed E-state index contributed by atoms with van der Waals surface area (Å²) in [5.41, 5.74) is 5.84. The molecular weight excluding hydrogens is 717 g/mol. The Bertz CT molecular complexity index is 2040. The number of H-pyrrole nitrogens is 2. The fourth-order valence-electron chi connectivity index (χ4n) is 5.99. The molecule has 2 fully saturated rings. The van der Waals surface area contributed by atoms with Gasteiger partial charge in [0.1, 0.15) is 29.1 Å². The third-order valence-electron chi connectivity index (χ3n) is 8.72. The molecule has 3 atom stereocenters. The maximum absolute atomic E-state index is 13.2. The average molecular weight is 761 g/mol. The van der Waals surface area contributed by atoms with Gasteiger partial charge in [0.25, 0.3) is 0 Å². The van der Waals surface area contributed by atoms with E-state index in [-0.39, 0.29) is 29.8 Å². The first-order valence-corrected chi connectivity index (χ1v) is 18.9. The first-order valence-electron chi connectivity index (χ1n) is 17.3. The van der Waals surface area contributed by atoms with Gasteiger partial charge in [-0.05, 0) is 66.9 Å². The number of aromatic nitrogens is 4. The summed E-state index contributed by atoms with van der Waals surface area (Å²) in [5, 5.41) is 2.65. The Labute approximate surface area is 316 Å². The monoisotopic (exact) mass is 760 g/mol. The molecule has 16 heteroatoms. The minimum Gasteiger partial charge on any atom is -0.453 e. The second-order valence-electron chi connectivity index (χ2n) is 13.4. The van der Waals surface area contributed by atoms with E-state index in [1.54, 1.807) is 40.0 Å². The van der Waals surface area contributed by atoms with Gasteiger partial charge in [0.05, 0.1) is 48.5 Å². The van der Waals surface area contributed by atoms with Crippen molar-refractivity contribution in [1.82, 2.24) is 35.1 Å². The lowest BCUT2D eigenvalue weighted by molar-refractivity contribution is -0.142. The molecule has 0 bridgehead atoms. The molecule has 2 aliphatic heterocycles. The number of methoxy groups -OCH3 is 2. The normalized spacial score (nSPS) is 16.8. The number of carbonyl (C=O) groups is 4. The van der Waals surface area contributed by atoms with Crippen LogP contribution in [-0.4, -0.2) is 87.1 Å². The summed E-state index contributed by atoms with van der Waals surface area (Å²) in [6.07, 6.45) is 5.30. The quantitative estimate of drug-likeness (QED) is 0.183. The summed E-state index contributed by atoms with van der Waals surface area (Å²) in [5.74, 6) is 14.6. The second-order valence-corrected chi connectivity index (χ2v) is 15.5. The maximum Gasteiger partial charge on any atom is 0.407 e. The first-order chi connectivity index (χ1) is 25.4. The lowest BCUT2D eigenvalue weighted by Crippen LogP contribution is -2.56. The number of amides is 4. The van der Waals surface area contributed by atoms with Gasteiger partial charge < -0.3 is 40.3 Å². The Morgan fingerprint density at radius 1 is 0.868 bits per heavy atom. The topological polar surface area (TPSA) is 189 Å². The fourth-order valence-corrected chi connectivity index (χ4v) is 8.09. The van der Waals surface area contributed by atoms with E-state index in [0.717, 1.165) is 56.5 Å². The Balaban J connectivity index is 0.00000101. The number of imidazole rings is 2. The number of primary amides is 1. The standard InChI is InChI=1S/C35H39N7O4S2.C2H5NO2/c1-20(2)15-30(43)41-13-6-7-26(41)32-36-18-22(38-32)8-10-24-16-28-29(47-24)17-25(48-28)11-9-23-19-37-33(39-23)27-12-14-42(27)34(44)31(21(3)4)40-35(45)46-5;1-5-2(3)4/h16-21,26-27,31H,6-7,12-15H2,1-5H3,(H,36,38)(H,37,39)(H,40,45);1H3,(H2,3,4). The summed E-state index contributed by atoms with van der Waals surface area (Å²) < 4.78 is 10.8. The number of aromatic amines is 2. The Morgan fingerprint density at radius 2 is 1.42 bits per heavy atom. The van der Waals surface area contributed by atoms with Crippen molar-refractivity contribution in [3.05, 3.63) is 57.3 Å². The minimum atomic E-state index is -0.745. The number of rotatable bonds is 7. The Hall–Kier alpha value is -5.32. The highest BCUT2D eigenvalue weighted by Gasteiger charge is 2.40. The van der Waals surface area contributed by atoms with Crippen LogP contribution in [0, 0.1) is 35.5 Å². The molecule has 5 N–H and O–H groups in total. The number of likely N-dealkylation sites (tertiary alicyclic amines) is 2. The molecule has 53 heavy (non-hydrogen) atoms. The van der Waals surface area contributed by atoms with E-state index in [2.05, 4.69) is 85.4 Å². The molecule has 0 aromatic carbocycles. The number of fused-ring (bicyclic) bond motifs is 1. The number of carbonyl (C=O) groups excluding carboxylic acids is 4. The van der Waals surface area contributed by atoms with Gasteiger partial charge in [-0.2, -0.15) is 0 Å². The maximum atomic E-state index is 13.2. The third kappa shape index (κ3) is 9.77. The summed E-state index contributed by atoms with van der Waals surface area (Å²) in [6, 6.07) is 3.28. The molecule has 2 saturated heterocycles. The zero-order valence-electron chi connectivity index (χ0n) is 30.6. The summed E-state index contributed by atoms with van der Waals surface area (Å²) in [7, 11) is 2.51. The van der Waals surface area contributed by atoms with Gasteiger partial charge in [-0.1, -0.05) is 27.7 Å². The van der Waals surface area contributed by atoms with Crippen LogP contribution in [0.3, 0.4) is 0 Å². The number of nitrogens with one attached hydrogen (secondary N) is 3. The molecule has 2 aliphatic rings. The predicted molar refractivity (Wildman–Crippen MR) is 202 cm³/mol. The molecule has 6 heterocycles. The van der Waals surface area contributed by atoms with Gasteiger partial charge in [-0.15, -0.1) is 22.7 Å². The highest BCUT2D eigenvalue weighted by molar-refractivity contribution is 7.28. The van der Waals surface area contributed by atoms with Gasteiger partial charge >= 0.3 is 12.2 Å². The highest BCUT2D eigenvalue weighted by atomic mass is 32.1. The van der Waals surface area contributed by atoms with Crippen molar-refractivity contribution in [1.29, 1.82) is 0 Å². The van der Waals surface area contributed by atoms with E-state index < -0.39 is 18.2 Å². The van der Waals surface area contributed by atoms with Crippen molar-refractivity contribution in [3.63, 3.8) is 0 Å². The van der Waals surface area contributed by atoms with Crippen molar-refractivity contribution in [3.8, 4) is 23.7 Å². The molecule has 14 nitrogen and oxygen atoms in total. The van der Waals surface area contributed by atoms with E-state index in [1.165, 1.54) is 14.2 Å². The van der Waals surface area contributed by atoms with Crippen molar-refractivity contribution < 1.29 is 28.7 Å². The van der Waals surface area contributed by atoms with Gasteiger partial charge in [0, 0.05) is 28.9 Å². The lowest BCUT2D eigenvalue weighted by Gasteiger charge is -2.42. The van der Waals surface area contributed by atoms with Gasteiger partial charge in [0.2, 0.25) is 11.8 Å². The van der Waals surface area contributed by atoms with E-state index in [4.69, 9.17) is 4.74 Å². The molecule has 4 aromatic heterocycles. The van der Waals surface area contributed by atoms with Gasteiger partial charge in [-0.3, -0.25) is 9.59 Å². The van der Waals surface area contributed by atoms with Crippen LogP contribution in [0.4, 0.5) is 9.59 Å². The van der Waals surface area contributed by atoms with Gasteiger partial charge in [0.15, 0.2) is 0 Å². The Morgan fingerprint density at radius 3 is 1.87 bits per heavy atom. The molecular formula is C37H44N8O6S2. The van der Waals surface area contributed by atoms with Gasteiger partial charge in [-0.25, -0.2) is 19.6 Å². The van der Waals surface area contributed by atoms with Crippen molar-refractivity contribution >= 4 is 56.1 Å². The van der Waals surface area contributed by atoms with Crippen LogP contribution in [0.2, 0.25) is 0 Å². The van der Waals surface area contributed by atoms with Crippen LogP contribution >= 0.6 is 22.7 Å². The summed E-state index contributed by atoms with van der Waals surface area (Å²) in [4.78, 5) is 68.3. The van der Waals surface area contributed by atoms with Crippen LogP contribution in [-0.2, 0) is 19.1 Å². The molecule has 4 aromatic rings. The lowest BCUT2D eigenvalue weighted by atomic mass is 9.96. The third-order valence-corrected chi connectivity index (χ3v) is 10.8. The molecule has 280 valence electrons. The van der Waals surface area contributed by atoms with Crippen molar-refractivity contribution in [2.45, 2.75) is 71.5 Å². The molecule has 0 aliphatic carbocycles. The van der Waals surface area contributed by atoms with Crippen LogP contribution < -0.4 is 11.1 Å². The van der Waals surface area contributed by atoms with Crippen LogP contribution in [0.25, 0.3) is 9.40 Å². The van der Waals surface area contributed by atoms with Crippen LogP contribution in [0.15, 0.2) is 24.5 Å². The number of nitrogens with zero attached hydrogens (tertiary/aromatic N) is 4. The van der Waals surface area contributed by atoms with Crippen LogP contribution in [0.1, 0.15) is 98.3 Å². The van der Waals surface area contributed by atoms with E-state index in [1.807, 2.05) is 18.7 Å². The highest BCUT2D eigenvalue weighted by Crippen LogP contribution is 2.34. The fraction of sp³-hybridized carbons (Fsp3) is 0.459. The molecule has 4 amide bonds. The summed E-state index contributed by atoms with van der Waals surface area (Å²) >= 11 is 3.23. The number of hydrogen-bond donors (Lipinski definition) is 4. The smallest absolute Gasteiger partial charge is 0.407 e. The number of nitrogens with two attached hydrogens (primary N) is 1. The average Bonchev–Trinajstić information content (AvgIpc) is 3.93.